The molecule has 8 heteroatoms. The molecule has 3 aromatic rings. The van der Waals surface area contributed by atoms with Crippen molar-refractivity contribution in [2.75, 3.05) is 53.6 Å². The number of ether oxygens (including phenoxy) is 3. The predicted molar refractivity (Wildman–Crippen MR) is 122 cm³/mol. The van der Waals surface area contributed by atoms with Gasteiger partial charge in [0, 0.05) is 31.7 Å². The summed E-state index contributed by atoms with van der Waals surface area (Å²) in [6.45, 7) is 4.06. The Morgan fingerprint density at radius 1 is 0.970 bits per heavy atom. The summed E-state index contributed by atoms with van der Waals surface area (Å²) in [4.78, 5) is 31.2. The molecule has 0 N–H and O–H groups in total. The predicted octanol–water partition coefficient (Wildman–Crippen LogP) is 2.69. The Labute approximate surface area is 191 Å². The summed E-state index contributed by atoms with van der Waals surface area (Å²) in [5.41, 5.74) is 1.23. The van der Waals surface area contributed by atoms with Gasteiger partial charge in [-0.2, -0.15) is 0 Å². The molecular formula is C25H26N2O6. The second-order valence-corrected chi connectivity index (χ2v) is 8.11. The molecular weight excluding hydrogens is 424 g/mol. The highest BCUT2D eigenvalue weighted by Gasteiger charge is 2.44. The molecule has 1 saturated heterocycles. The highest BCUT2D eigenvalue weighted by Crippen LogP contribution is 2.44. The van der Waals surface area contributed by atoms with Crippen molar-refractivity contribution in [1.29, 1.82) is 0 Å². The van der Waals surface area contributed by atoms with Gasteiger partial charge in [0.2, 0.25) is 5.76 Å². The zero-order chi connectivity index (χ0) is 22.9. The monoisotopic (exact) mass is 450 g/mol. The molecule has 8 nitrogen and oxygen atoms in total. The first-order valence-corrected chi connectivity index (χ1v) is 11.0. The lowest BCUT2D eigenvalue weighted by molar-refractivity contribution is 0.0314. The molecule has 2 aromatic carbocycles. The van der Waals surface area contributed by atoms with E-state index in [1.807, 2.05) is 12.1 Å². The first kappa shape index (κ1) is 21.5. The van der Waals surface area contributed by atoms with Gasteiger partial charge in [-0.05, 0) is 18.2 Å². The molecule has 0 bridgehead atoms. The number of methoxy groups -OCH3 is 2. The van der Waals surface area contributed by atoms with E-state index in [0.29, 0.717) is 59.9 Å². The number of rotatable bonds is 6. The number of fused-ring (bicyclic) bond motifs is 2. The Morgan fingerprint density at radius 3 is 2.52 bits per heavy atom. The zero-order valence-corrected chi connectivity index (χ0v) is 18.7. The molecule has 0 radical (unpaired) electrons. The lowest BCUT2D eigenvalue weighted by Gasteiger charge is -2.31. The molecule has 0 unspecified atom stereocenters. The Morgan fingerprint density at radius 2 is 1.76 bits per heavy atom. The third kappa shape index (κ3) is 3.65. The van der Waals surface area contributed by atoms with Crippen molar-refractivity contribution in [3.05, 3.63) is 69.6 Å². The van der Waals surface area contributed by atoms with Crippen molar-refractivity contribution >= 4 is 16.9 Å². The average Bonchev–Trinajstić information content (AvgIpc) is 3.14. The lowest BCUT2D eigenvalue weighted by atomic mass is 9.97. The van der Waals surface area contributed by atoms with Gasteiger partial charge >= 0.3 is 0 Å². The average molecular weight is 450 g/mol. The Hall–Kier alpha value is -3.36. The Bertz CT molecular complexity index is 1250. The maximum atomic E-state index is 13.6. The summed E-state index contributed by atoms with van der Waals surface area (Å²) in [5, 5.41) is 0.450. The van der Waals surface area contributed by atoms with Gasteiger partial charge in [0.1, 0.15) is 5.58 Å². The van der Waals surface area contributed by atoms with E-state index in [2.05, 4.69) is 4.90 Å². The van der Waals surface area contributed by atoms with E-state index in [-0.39, 0.29) is 17.1 Å². The number of carbonyl (C=O) groups excluding carboxylic acids is 1. The van der Waals surface area contributed by atoms with Crippen LogP contribution in [0.5, 0.6) is 11.5 Å². The van der Waals surface area contributed by atoms with Gasteiger partial charge in [-0.3, -0.25) is 14.5 Å². The minimum absolute atomic E-state index is 0.0931. The fraction of sp³-hybridized carbons (Fsp3) is 0.360. The number of para-hydroxylation sites is 2. The maximum Gasteiger partial charge on any atom is 0.290 e. The fourth-order valence-electron chi connectivity index (χ4n) is 4.72. The standard InChI is InChI=1S/C25H26N2O6/c1-30-19-9-5-7-17(23(19)31-2)21-20-22(28)16-6-3-4-8-18(16)33-24(20)25(29)27(21)11-10-26-12-14-32-15-13-26/h3-9,21H,10-15H2,1-2H3/t21-/m1/s1. The van der Waals surface area contributed by atoms with Crippen LogP contribution in [0.1, 0.15) is 27.7 Å². The van der Waals surface area contributed by atoms with Crippen molar-refractivity contribution in [3.63, 3.8) is 0 Å². The second kappa shape index (κ2) is 8.88. The summed E-state index contributed by atoms with van der Waals surface area (Å²) >= 11 is 0. The van der Waals surface area contributed by atoms with Crippen LogP contribution in [0.3, 0.4) is 0 Å². The molecule has 5 rings (SSSR count). The molecule has 33 heavy (non-hydrogen) atoms. The zero-order valence-electron chi connectivity index (χ0n) is 18.7. The second-order valence-electron chi connectivity index (χ2n) is 8.11. The van der Waals surface area contributed by atoms with Crippen molar-refractivity contribution in [3.8, 4) is 11.5 Å². The summed E-state index contributed by atoms with van der Waals surface area (Å²) in [6, 6.07) is 11.9. The van der Waals surface area contributed by atoms with Crippen LogP contribution in [0.4, 0.5) is 0 Å². The summed E-state index contributed by atoms with van der Waals surface area (Å²) < 4.78 is 22.6. The van der Waals surface area contributed by atoms with E-state index < -0.39 is 6.04 Å². The van der Waals surface area contributed by atoms with Crippen LogP contribution in [0.25, 0.3) is 11.0 Å². The number of carbonyl (C=O) groups is 1. The van der Waals surface area contributed by atoms with E-state index in [9.17, 15) is 9.59 Å². The van der Waals surface area contributed by atoms with Gasteiger partial charge in [0.15, 0.2) is 16.9 Å². The lowest BCUT2D eigenvalue weighted by Crippen LogP contribution is -2.42. The number of hydrogen-bond acceptors (Lipinski definition) is 7. The third-order valence-electron chi connectivity index (χ3n) is 6.36. The normalized spacial score (nSPS) is 18.5. The minimum Gasteiger partial charge on any atom is -0.493 e. The minimum atomic E-state index is -0.639. The number of morpholine rings is 1. The van der Waals surface area contributed by atoms with E-state index >= 15 is 0 Å². The van der Waals surface area contributed by atoms with Crippen molar-refractivity contribution in [1.82, 2.24) is 9.80 Å². The van der Waals surface area contributed by atoms with Crippen LogP contribution in [0.15, 0.2) is 51.7 Å². The molecule has 0 saturated carbocycles. The van der Waals surface area contributed by atoms with Gasteiger partial charge in [-0.1, -0.05) is 24.3 Å². The van der Waals surface area contributed by atoms with E-state index in [0.717, 1.165) is 13.1 Å². The third-order valence-corrected chi connectivity index (χ3v) is 6.36. The van der Waals surface area contributed by atoms with Crippen LogP contribution >= 0.6 is 0 Å². The highest BCUT2D eigenvalue weighted by atomic mass is 16.5. The van der Waals surface area contributed by atoms with Crippen molar-refractivity contribution in [2.45, 2.75) is 6.04 Å². The van der Waals surface area contributed by atoms with Gasteiger partial charge in [0.05, 0.1) is 44.4 Å². The van der Waals surface area contributed by atoms with E-state index in [4.69, 9.17) is 18.6 Å². The first-order chi connectivity index (χ1) is 16.1. The van der Waals surface area contributed by atoms with Crippen LogP contribution in [-0.4, -0.2) is 69.3 Å². The van der Waals surface area contributed by atoms with E-state index in [1.165, 1.54) is 0 Å². The molecule has 0 aliphatic carbocycles. The Kier molecular flexibility index (Phi) is 5.78. The molecule has 0 spiro atoms. The van der Waals surface area contributed by atoms with Crippen LogP contribution < -0.4 is 14.9 Å². The molecule has 172 valence electrons. The van der Waals surface area contributed by atoms with Gasteiger partial charge in [0.25, 0.3) is 5.91 Å². The highest BCUT2D eigenvalue weighted by molar-refractivity contribution is 5.99. The van der Waals surface area contributed by atoms with Crippen LogP contribution in [0.2, 0.25) is 0 Å². The summed E-state index contributed by atoms with van der Waals surface area (Å²) in [7, 11) is 3.12. The SMILES string of the molecule is COc1cccc([C@@H]2c3c(oc4ccccc4c3=O)C(=O)N2CCN2CCOCC2)c1OC. The smallest absolute Gasteiger partial charge is 0.290 e. The van der Waals surface area contributed by atoms with Crippen molar-refractivity contribution in [2.24, 2.45) is 0 Å². The summed E-state index contributed by atoms with van der Waals surface area (Å²) in [5.74, 6) is 0.829. The Balaban J connectivity index is 1.65. The number of amides is 1. The van der Waals surface area contributed by atoms with Crippen LogP contribution in [0, 0.1) is 0 Å². The van der Waals surface area contributed by atoms with Gasteiger partial charge in [-0.15, -0.1) is 0 Å². The van der Waals surface area contributed by atoms with E-state index in [1.54, 1.807) is 49.5 Å². The first-order valence-electron chi connectivity index (χ1n) is 11.0. The molecule has 2 aliphatic rings. The molecule has 3 heterocycles. The fourth-order valence-corrected chi connectivity index (χ4v) is 4.72. The quantitative estimate of drug-likeness (QED) is 0.571. The molecule has 1 amide bonds. The summed E-state index contributed by atoms with van der Waals surface area (Å²) in [6.07, 6.45) is 0. The maximum absolute atomic E-state index is 13.6. The van der Waals surface area contributed by atoms with Crippen molar-refractivity contribution < 1.29 is 23.4 Å². The van der Waals surface area contributed by atoms with Gasteiger partial charge < -0.3 is 23.5 Å². The molecule has 1 atom stereocenters. The molecule has 1 aromatic heterocycles. The van der Waals surface area contributed by atoms with Crippen LogP contribution in [-0.2, 0) is 4.74 Å². The molecule has 2 aliphatic heterocycles. The topological polar surface area (TPSA) is 81.5 Å². The number of nitrogens with zero attached hydrogens (tertiary/aromatic N) is 2. The number of benzene rings is 2. The molecule has 1 fully saturated rings. The van der Waals surface area contributed by atoms with Gasteiger partial charge in [-0.25, -0.2) is 0 Å². The number of hydrogen-bond donors (Lipinski definition) is 0. The largest absolute Gasteiger partial charge is 0.493 e.